The molecule has 3 aromatic carbocycles. The van der Waals surface area contributed by atoms with E-state index in [9.17, 15) is 22.4 Å². The first-order valence-electron chi connectivity index (χ1n) is 12.1. The number of amides is 2. The lowest BCUT2D eigenvalue weighted by molar-refractivity contribution is -0.139. The van der Waals surface area contributed by atoms with Crippen LogP contribution in [0.15, 0.2) is 77.7 Å². The number of sulfonamides is 1. The number of nitrogens with zero attached hydrogens (tertiary/aromatic N) is 2. The smallest absolute Gasteiger partial charge is 0.264 e. The van der Waals surface area contributed by atoms with Gasteiger partial charge in [-0.05, 0) is 69.7 Å². The molecule has 0 saturated carbocycles. The second-order valence-electron chi connectivity index (χ2n) is 9.21. The van der Waals surface area contributed by atoms with Crippen molar-refractivity contribution in [3.05, 3.63) is 94.8 Å². The summed E-state index contributed by atoms with van der Waals surface area (Å²) >= 11 is 6.11. The first kappa shape index (κ1) is 29.1. The van der Waals surface area contributed by atoms with E-state index in [1.54, 1.807) is 51.1 Å². The summed E-state index contributed by atoms with van der Waals surface area (Å²) in [4.78, 5) is 27.9. The number of carbonyl (C=O) groups is 2. The predicted molar refractivity (Wildman–Crippen MR) is 147 cm³/mol. The summed E-state index contributed by atoms with van der Waals surface area (Å²) in [7, 11) is -4.20. The molecule has 0 aromatic heterocycles. The van der Waals surface area contributed by atoms with Crippen LogP contribution in [-0.4, -0.2) is 43.8 Å². The normalized spacial score (nSPS) is 12.2. The van der Waals surface area contributed by atoms with Gasteiger partial charge in [-0.25, -0.2) is 12.8 Å². The van der Waals surface area contributed by atoms with Gasteiger partial charge >= 0.3 is 0 Å². The third-order valence-electron chi connectivity index (χ3n) is 5.93. The van der Waals surface area contributed by atoms with Crippen LogP contribution in [0.2, 0.25) is 5.02 Å². The number of hydrogen-bond donors (Lipinski definition) is 1. The highest BCUT2D eigenvalue weighted by molar-refractivity contribution is 7.92. The largest absolute Gasteiger partial charge is 0.352 e. The van der Waals surface area contributed by atoms with Crippen molar-refractivity contribution in [2.75, 3.05) is 10.8 Å². The molecule has 1 unspecified atom stereocenters. The Bertz CT molecular complexity index is 1400. The molecule has 10 heteroatoms. The van der Waals surface area contributed by atoms with Gasteiger partial charge in [-0.3, -0.25) is 13.9 Å². The molecular formula is C28H31ClFN3O4S. The Balaban J connectivity index is 2.07. The standard InChI is InChI=1S/C28H31ClFN3O4S/c1-19(2)31-28(35)21(4)32(17-22-10-8-9-13-25(22)30)27(34)18-33(26-15-14-23(29)16-20(26)3)38(36,37)24-11-6-5-7-12-24/h5-16,19,21H,17-18H2,1-4H3,(H,31,35). The fourth-order valence-corrected chi connectivity index (χ4v) is 5.66. The van der Waals surface area contributed by atoms with Crippen molar-refractivity contribution in [1.82, 2.24) is 10.2 Å². The lowest BCUT2D eigenvalue weighted by Crippen LogP contribution is -2.52. The molecule has 0 aliphatic carbocycles. The van der Waals surface area contributed by atoms with Crippen molar-refractivity contribution < 1.29 is 22.4 Å². The Hall–Kier alpha value is -3.43. The maximum Gasteiger partial charge on any atom is 0.264 e. The summed E-state index contributed by atoms with van der Waals surface area (Å²) in [5, 5.41) is 3.17. The molecule has 0 saturated heterocycles. The van der Waals surface area contributed by atoms with Crippen molar-refractivity contribution in [2.45, 2.75) is 51.2 Å². The molecule has 3 rings (SSSR count). The highest BCUT2D eigenvalue weighted by atomic mass is 35.5. The molecule has 0 aliphatic heterocycles. The van der Waals surface area contributed by atoms with Gasteiger partial charge in [0.2, 0.25) is 11.8 Å². The van der Waals surface area contributed by atoms with E-state index in [0.29, 0.717) is 10.6 Å². The maximum absolute atomic E-state index is 14.6. The van der Waals surface area contributed by atoms with Crippen LogP contribution in [0, 0.1) is 12.7 Å². The lowest BCUT2D eigenvalue weighted by Gasteiger charge is -2.32. The summed E-state index contributed by atoms with van der Waals surface area (Å²) in [5.74, 6) is -1.65. The van der Waals surface area contributed by atoms with Gasteiger partial charge in [0.25, 0.3) is 10.0 Å². The highest BCUT2D eigenvalue weighted by Crippen LogP contribution is 2.29. The summed E-state index contributed by atoms with van der Waals surface area (Å²) in [6.45, 7) is 5.94. The minimum atomic E-state index is -4.20. The van der Waals surface area contributed by atoms with Crippen molar-refractivity contribution in [2.24, 2.45) is 0 Å². The van der Waals surface area contributed by atoms with Gasteiger partial charge in [-0.15, -0.1) is 0 Å². The monoisotopic (exact) mass is 559 g/mol. The first-order chi connectivity index (χ1) is 17.9. The van der Waals surface area contributed by atoms with Gasteiger partial charge in [0.05, 0.1) is 10.6 Å². The SMILES string of the molecule is Cc1cc(Cl)ccc1N(CC(=O)N(Cc1ccccc1F)C(C)C(=O)NC(C)C)S(=O)(=O)c1ccccc1. The van der Waals surface area contributed by atoms with E-state index in [1.165, 1.54) is 54.3 Å². The molecule has 0 heterocycles. The van der Waals surface area contributed by atoms with E-state index in [1.807, 2.05) is 0 Å². The quantitative estimate of drug-likeness (QED) is 0.382. The van der Waals surface area contributed by atoms with E-state index >= 15 is 0 Å². The van der Waals surface area contributed by atoms with Gasteiger partial charge in [0.15, 0.2) is 0 Å². The Labute approximate surface area is 228 Å². The third kappa shape index (κ3) is 6.90. The zero-order valence-corrected chi connectivity index (χ0v) is 23.3. The second-order valence-corrected chi connectivity index (χ2v) is 11.5. The van der Waals surface area contributed by atoms with Crippen LogP contribution in [0.3, 0.4) is 0 Å². The number of aryl methyl sites for hydroxylation is 1. The molecule has 0 aliphatic rings. The van der Waals surface area contributed by atoms with E-state index in [-0.39, 0.29) is 28.7 Å². The molecule has 0 radical (unpaired) electrons. The van der Waals surface area contributed by atoms with Crippen LogP contribution < -0.4 is 9.62 Å². The van der Waals surface area contributed by atoms with Crippen LogP contribution in [0.5, 0.6) is 0 Å². The van der Waals surface area contributed by atoms with E-state index in [2.05, 4.69) is 5.32 Å². The molecule has 38 heavy (non-hydrogen) atoms. The van der Waals surface area contributed by atoms with Crippen LogP contribution in [0.4, 0.5) is 10.1 Å². The Morgan fingerprint density at radius 3 is 2.21 bits per heavy atom. The topological polar surface area (TPSA) is 86.8 Å². The number of anilines is 1. The Morgan fingerprint density at radius 1 is 0.974 bits per heavy atom. The number of hydrogen-bond acceptors (Lipinski definition) is 4. The van der Waals surface area contributed by atoms with Crippen molar-refractivity contribution in [3.8, 4) is 0 Å². The van der Waals surface area contributed by atoms with Crippen LogP contribution in [0.1, 0.15) is 31.9 Å². The second kappa shape index (κ2) is 12.4. The zero-order valence-electron chi connectivity index (χ0n) is 21.7. The van der Waals surface area contributed by atoms with Gasteiger partial charge in [0.1, 0.15) is 18.4 Å². The molecule has 7 nitrogen and oxygen atoms in total. The minimum absolute atomic E-state index is 0.00611. The van der Waals surface area contributed by atoms with Gasteiger partial charge in [-0.1, -0.05) is 48.0 Å². The summed E-state index contributed by atoms with van der Waals surface area (Å²) in [6.07, 6.45) is 0. The highest BCUT2D eigenvalue weighted by Gasteiger charge is 2.33. The molecule has 1 atom stereocenters. The Morgan fingerprint density at radius 2 is 1.61 bits per heavy atom. The van der Waals surface area contributed by atoms with Crippen LogP contribution in [-0.2, 0) is 26.2 Å². The number of nitrogens with one attached hydrogen (secondary N) is 1. The average Bonchev–Trinajstić information content (AvgIpc) is 2.86. The van der Waals surface area contributed by atoms with Gasteiger partial charge in [-0.2, -0.15) is 0 Å². The van der Waals surface area contributed by atoms with Crippen LogP contribution in [0.25, 0.3) is 0 Å². The minimum Gasteiger partial charge on any atom is -0.352 e. The summed E-state index contributed by atoms with van der Waals surface area (Å²) in [6, 6.07) is 17.2. The maximum atomic E-state index is 14.6. The Kier molecular flexibility index (Phi) is 9.51. The summed E-state index contributed by atoms with van der Waals surface area (Å²) < 4.78 is 43.1. The number of carbonyl (C=O) groups excluding carboxylic acids is 2. The molecular weight excluding hydrogens is 529 g/mol. The molecule has 3 aromatic rings. The first-order valence-corrected chi connectivity index (χ1v) is 13.9. The molecule has 0 spiro atoms. The molecule has 0 fully saturated rings. The van der Waals surface area contributed by atoms with Crippen molar-refractivity contribution in [3.63, 3.8) is 0 Å². The summed E-state index contributed by atoms with van der Waals surface area (Å²) in [5.41, 5.74) is 0.998. The van der Waals surface area contributed by atoms with Crippen molar-refractivity contribution >= 4 is 39.1 Å². The zero-order chi connectivity index (χ0) is 28.0. The fraction of sp³-hybridized carbons (Fsp3) is 0.286. The molecule has 2 amide bonds. The predicted octanol–water partition coefficient (Wildman–Crippen LogP) is 4.92. The molecule has 0 bridgehead atoms. The number of benzene rings is 3. The average molecular weight is 560 g/mol. The van der Waals surface area contributed by atoms with E-state index in [0.717, 1.165) is 4.31 Å². The van der Waals surface area contributed by atoms with E-state index < -0.39 is 40.2 Å². The number of halogens is 2. The number of rotatable bonds is 10. The van der Waals surface area contributed by atoms with Crippen molar-refractivity contribution in [1.29, 1.82) is 0 Å². The van der Waals surface area contributed by atoms with E-state index in [4.69, 9.17) is 11.6 Å². The lowest BCUT2D eigenvalue weighted by atomic mass is 10.1. The van der Waals surface area contributed by atoms with Gasteiger partial charge in [0, 0.05) is 23.2 Å². The fourth-order valence-electron chi connectivity index (χ4n) is 3.93. The van der Waals surface area contributed by atoms with Gasteiger partial charge < -0.3 is 10.2 Å². The van der Waals surface area contributed by atoms with Crippen LogP contribution >= 0.6 is 11.6 Å². The third-order valence-corrected chi connectivity index (χ3v) is 7.94. The molecule has 202 valence electrons. The molecule has 1 N–H and O–H groups in total.